The third kappa shape index (κ3) is 4.05. The first-order valence-corrected chi connectivity index (χ1v) is 6.14. The van der Waals surface area contributed by atoms with Crippen molar-refractivity contribution in [2.45, 2.75) is 19.3 Å². The molecule has 9 heteroatoms. The van der Waals surface area contributed by atoms with Gasteiger partial charge in [0, 0.05) is 5.69 Å². The zero-order valence-electron chi connectivity index (χ0n) is 11.5. The summed E-state index contributed by atoms with van der Waals surface area (Å²) in [6.07, 6.45) is -9.97. The van der Waals surface area contributed by atoms with Crippen LogP contribution in [0.15, 0.2) is 34.7 Å². The number of amides is 1. The second-order valence-corrected chi connectivity index (χ2v) is 4.66. The van der Waals surface area contributed by atoms with Gasteiger partial charge < -0.3 is 9.73 Å². The van der Waals surface area contributed by atoms with Crippen LogP contribution in [0, 0.1) is 6.92 Å². The number of furan rings is 1. The fourth-order valence-electron chi connectivity index (χ4n) is 1.78. The molecule has 3 nitrogen and oxygen atoms in total. The van der Waals surface area contributed by atoms with Gasteiger partial charge in [-0.1, -0.05) is 0 Å². The number of nitrogens with one attached hydrogen (secondary N) is 1. The average molecular weight is 337 g/mol. The molecule has 1 amide bonds. The normalized spacial score (nSPS) is 12.3. The van der Waals surface area contributed by atoms with Gasteiger partial charge in [0.1, 0.15) is 5.76 Å². The van der Waals surface area contributed by atoms with E-state index < -0.39 is 35.1 Å². The number of carbonyl (C=O) groups excluding carboxylic acids is 1. The van der Waals surface area contributed by atoms with Crippen molar-refractivity contribution in [1.29, 1.82) is 0 Å². The Labute approximate surface area is 125 Å². The van der Waals surface area contributed by atoms with Gasteiger partial charge in [-0.3, -0.25) is 4.79 Å². The maximum atomic E-state index is 12.7. The van der Waals surface area contributed by atoms with Crippen LogP contribution in [-0.2, 0) is 12.4 Å². The van der Waals surface area contributed by atoms with E-state index in [9.17, 15) is 31.1 Å². The molecule has 0 aliphatic carbocycles. The summed E-state index contributed by atoms with van der Waals surface area (Å²) in [4.78, 5) is 11.8. The Morgan fingerprint density at radius 3 is 1.87 bits per heavy atom. The van der Waals surface area contributed by atoms with Gasteiger partial charge >= 0.3 is 12.4 Å². The molecule has 0 saturated carbocycles. The first-order valence-electron chi connectivity index (χ1n) is 6.14. The molecule has 1 aromatic heterocycles. The molecule has 0 fully saturated rings. The molecule has 0 saturated heterocycles. The van der Waals surface area contributed by atoms with E-state index >= 15 is 0 Å². The van der Waals surface area contributed by atoms with Crippen LogP contribution in [0.4, 0.5) is 32.0 Å². The number of carbonyl (C=O) groups is 1. The quantitative estimate of drug-likeness (QED) is 0.794. The third-order valence-electron chi connectivity index (χ3n) is 2.81. The van der Waals surface area contributed by atoms with Gasteiger partial charge in [0.15, 0.2) is 5.76 Å². The highest BCUT2D eigenvalue weighted by atomic mass is 19.4. The Hall–Kier alpha value is -2.45. The molecule has 1 aromatic carbocycles. The third-order valence-corrected chi connectivity index (χ3v) is 2.81. The number of hydrogen-bond acceptors (Lipinski definition) is 2. The lowest BCUT2D eigenvalue weighted by Gasteiger charge is -2.14. The number of benzene rings is 1. The maximum Gasteiger partial charge on any atom is 0.416 e. The molecule has 0 radical (unpaired) electrons. The molecule has 0 unspecified atom stereocenters. The van der Waals surface area contributed by atoms with Crippen molar-refractivity contribution in [2.24, 2.45) is 0 Å². The summed E-state index contributed by atoms with van der Waals surface area (Å²) in [5, 5.41) is 1.96. The van der Waals surface area contributed by atoms with Crippen LogP contribution in [0.25, 0.3) is 0 Å². The van der Waals surface area contributed by atoms with Crippen LogP contribution in [-0.4, -0.2) is 5.91 Å². The minimum absolute atomic E-state index is 0.0211. The van der Waals surface area contributed by atoms with Crippen molar-refractivity contribution in [3.8, 4) is 0 Å². The van der Waals surface area contributed by atoms with Crippen LogP contribution >= 0.6 is 0 Å². The monoisotopic (exact) mass is 337 g/mol. The summed E-state index contributed by atoms with van der Waals surface area (Å²) < 4.78 is 81.2. The molecule has 2 rings (SSSR count). The second-order valence-electron chi connectivity index (χ2n) is 4.66. The Morgan fingerprint density at radius 1 is 0.957 bits per heavy atom. The van der Waals surface area contributed by atoms with Gasteiger partial charge in [-0.25, -0.2) is 0 Å². The van der Waals surface area contributed by atoms with Gasteiger partial charge in [-0.2, -0.15) is 26.3 Å². The van der Waals surface area contributed by atoms with E-state index in [4.69, 9.17) is 4.42 Å². The topological polar surface area (TPSA) is 42.2 Å². The van der Waals surface area contributed by atoms with Gasteiger partial charge in [0.05, 0.1) is 11.1 Å². The average Bonchev–Trinajstić information content (AvgIpc) is 2.83. The highest BCUT2D eigenvalue weighted by Crippen LogP contribution is 2.37. The summed E-state index contributed by atoms with van der Waals surface area (Å²) in [5.41, 5.74) is -3.66. The highest BCUT2D eigenvalue weighted by molar-refractivity contribution is 6.02. The van der Waals surface area contributed by atoms with Gasteiger partial charge in [-0.05, 0) is 37.3 Å². The summed E-state index contributed by atoms with van der Waals surface area (Å²) >= 11 is 0. The smallest absolute Gasteiger partial charge is 0.416 e. The van der Waals surface area contributed by atoms with E-state index in [1.807, 2.05) is 5.32 Å². The van der Waals surface area contributed by atoms with Crippen molar-refractivity contribution in [2.75, 3.05) is 5.32 Å². The van der Waals surface area contributed by atoms with E-state index in [-0.39, 0.29) is 11.8 Å². The van der Waals surface area contributed by atoms with Crippen molar-refractivity contribution < 1.29 is 35.6 Å². The molecule has 0 aliphatic heterocycles. The summed E-state index contributed by atoms with van der Waals surface area (Å²) in [7, 11) is 0. The molecule has 23 heavy (non-hydrogen) atoms. The fraction of sp³-hybridized carbons (Fsp3) is 0.214. The standard InChI is InChI=1S/C14H9F6NO2/c1-7-2-3-11(23-7)12(22)21-10-5-8(13(15,16)17)4-9(6-10)14(18,19)20/h2-6H,1H3,(H,21,22). The van der Waals surface area contributed by atoms with Crippen LogP contribution in [0.1, 0.15) is 27.4 Å². The lowest BCUT2D eigenvalue weighted by molar-refractivity contribution is -0.143. The second kappa shape index (κ2) is 5.64. The number of alkyl halides is 6. The zero-order chi connectivity index (χ0) is 17.4. The zero-order valence-corrected chi connectivity index (χ0v) is 11.5. The molecule has 0 bridgehead atoms. The molecule has 1 N–H and O–H groups in total. The molecule has 0 aliphatic rings. The van der Waals surface area contributed by atoms with Gasteiger partial charge in [0.2, 0.25) is 0 Å². The number of rotatable bonds is 2. The minimum Gasteiger partial charge on any atom is -0.456 e. The lowest BCUT2D eigenvalue weighted by atomic mass is 10.1. The van der Waals surface area contributed by atoms with E-state index in [1.165, 1.54) is 19.1 Å². The Bertz CT molecular complexity index is 697. The highest BCUT2D eigenvalue weighted by Gasteiger charge is 2.37. The first-order chi connectivity index (χ1) is 10.5. The van der Waals surface area contributed by atoms with Crippen molar-refractivity contribution in [3.05, 3.63) is 53.0 Å². The van der Waals surface area contributed by atoms with Crippen LogP contribution in [0.5, 0.6) is 0 Å². The molecule has 1 heterocycles. The first kappa shape index (κ1) is 16.9. The number of halogens is 6. The van der Waals surface area contributed by atoms with E-state index in [1.54, 1.807) is 0 Å². The van der Waals surface area contributed by atoms with Crippen LogP contribution in [0.3, 0.4) is 0 Å². The van der Waals surface area contributed by atoms with E-state index in [2.05, 4.69) is 0 Å². The summed E-state index contributed by atoms with van der Waals surface area (Å²) in [5.74, 6) is -0.811. The van der Waals surface area contributed by atoms with Gasteiger partial charge in [-0.15, -0.1) is 0 Å². The predicted molar refractivity (Wildman–Crippen MR) is 67.8 cm³/mol. The SMILES string of the molecule is Cc1ccc(C(=O)Nc2cc(C(F)(F)F)cc(C(F)(F)F)c2)o1. The Morgan fingerprint density at radius 2 is 1.48 bits per heavy atom. The van der Waals surface area contributed by atoms with E-state index in [0.717, 1.165) is 0 Å². The Balaban J connectivity index is 2.39. The molecule has 0 spiro atoms. The number of anilines is 1. The Kier molecular flexibility index (Phi) is 4.14. The summed E-state index contributed by atoms with van der Waals surface area (Å²) in [6.45, 7) is 1.53. The minimum atomic E-state index is -4.98. The van der Waals surface area contributed by atoms with Crippen LogP contribution in [0.2, 0.25) is 0 Å². The molecule has 124 valence electrons. The largest absolute Gasteiger partial charge is 0.456 e. The van der Waals surface area contributed by atoms with Crippen molar-refractivity contribution in [1.82, 2.24) is 0 Å². The van der Waals surface area contributed by atoms with E-state index in [0.29, 0.717) is 17.9 Å². The molecular formula is C14H9F6NO2. The molecule has 2 aromatic rings. The fourth-order valence-corrected chi connectivity index (χ4v) is 1.78. The number of aryl methyl sites for hydroxylation is 1. The van der Waals surface area contributed by atoms with Crippen molar-refractivity contribution in [3.63, 3.8) is 0 Å². The molecule has 0 atom stereocenters. The van der Waals surface area contributed by atoms with Gasteiger partial charge in [0.25, 0.3) is 5.91 Å². The van der Waals surface area contributed by atoms with Crippen molar-refractivity contribution >= 4 is 11.6 Å². The summed E-state index contributed by atoms with van der Waals surface area (Å²) in [6, 6.07) is 3.50. The van der Waals surface area contributed by atoms with Crippen LogP contribution < -0.4 is 5.32 Å². The molecular weight excluding hydrogens is 328 g/mol. The maximum absolute atomic E-state index is 12.7. The lowest BCUT2D eigenvalue weighted by Crippen LogP contribution is -2.15. The predicted octanol–water partition coefficient (Wildman–Crippen LogP) is 4.88. The number of hydrogen-bond donors (Lipinski definition) is 1.